The van der Waals surface area contributed by atoms with E-state index in [9.17, 15) is 89.4 Å². The van der Waals surface area contributed by atoms with Crippen LogP contribution in [0.1, 0.15) is 150 Å². The Hall–Kier alpha value is -6.00. The van der Waals surface area contributed by atoms with Crippen LogP contribution < -0.4 is 21.3 Å². The van der Waals surface area contributed by atoms with Gasteiger partial charge in [0.2, 0.25) is 23.7 Å². The lowest BCUT2D eigenvalue weighted by Gasteiger charge is -2.33. The maximum Gasteiger partial charge on any atom is 0.390 e. The molecule has 0 radical (unpaired) electrons. The Labute approximate surface area is 443 Å². The van der Waals surface area contributed by atoms with Gasteiger partial charge in [-0.15, -0.1) is 0 Å². The fraction of sp³-hybridized carbons (Fsp3) is 0.640. The predicted octanol–water partition coefficient (Wildman–Crippen LogP) is 12.0. The molecule has 0 unspecified atom stereocenters. The third-order valence-electron chi connectivity index (χ3n) is 14.5. The highest BCUT2D eigenvalue weighted by Gasteiger charge is 2.54. The van der Waals surface area contributed by atoms with Gasteiger partial charge >= 0.3 is 12.4 Å². The number of hydrogen-bond donors (Lipinski definition) is 6. The highest BCUT2D eigenvalue weighted by atomic mass is 19.4. The van der Waals surface area contributed by atoms with Gasteiger partial charge in [0, 0.05) is 50.7 Å². The standard InChI is InChI=1S/2C25H27F9N4O2/c2*1-22(27,28)11-35-20(39)14(10-25(32,33)34)13-2-3-15-18(16(13)26)37-19(36-15)17(38-21(40)23(29)8-9-23)12-4-6-24(30,31)7-5-12/h2*2-3,12,14,17H,4-11H2,1H3,(H,35,39)(H,36,37)(H,38,40)/t14-,17+;14-,17-/m10/s1. The summed E-state index contributed by atoms with van der Waals surface area (Å²) in [5.74, 6) is -26.2. The van der Waals surface area contributed by atoms with Crippen LogP contribution in [0, 0.1) is 23.5 Å². The Balaban J connectivity index is 0.000000231. The Bertz CT molecular complexity index is 2710. The maximum absolute atomic E-state index is 15.6. The summed E-state index contributed by atoms with van der Waals surface area (Å²) in [5.41, 5.74) is -6.88. The summed E-state index contributed by atoms with van der Waals surface area (Å²) in [6.45, 7) is -1.65. The average Bonchev–Trinajstić information content (AvgIpc) is 4.17. The molecule has 2 aromatic carbocycles. The van der Waals surface area contributed by atoms with Crippen LogP contribution in [-0.2, 0) is 19.2 Å². The van der Waals surface area contributed by atoms with Crippen molar-refractivity contribution in [3.63, 3.8) is 0 Å². The normalized spacial score (nSPS) is 20.6. The molecule has 4 amide bonds. The fourth-order valence-electron chi connectivity index (χ4n) is 9.69. The van der Waals surface area contributed by atoms with Crippen LogP contribution in [0.4, 0.5) is 79.0 Å². The lowest BCUT2D eigenvalue weighted by atomic mass is 9.81. The average molecular weight is 1170 g/mol. The number of hydrogen-bond acceptors (Lipinski definition) is 6. The third-order valence-corrected chi connectivity index (χ3v) is 14.5. The van der Waals surface area contributed by atoms with Gasteiger partial charge in [0.05, 0.1) is 60.9 Å². The van der Waals surface area contributed by atoms with Gasteiger partial charge in [-0.3, -0.25) is 19.2 Å². The second-order valence-electron chi connectivity index (χ2n) is 21.5. The van der Waals surface area contributed by atoms with E-state index in [1.54, 1.807) is 10.6 Å². The number of H-pyrrole nitrogens is 2. The highest BCUT2D eigenvalue weighted by Crippen LogP contribution is 2.47. The second kappa shape index (κ2) is 22.4. The van der Waals surface area contributed by atoms with Crippen molar-refractivity contribution in [3.8, 4) is 0 Å². The number of carbonyl (C=O) groups excluding carboxylic acids is 4. The minimum absolute atomic E-state index is 0.0287. The van der Waals surface area contributed by atoms with E-state index in [0.29, 0.717) is 13.8 Å². The summed E-state index contributed by atoms with van der Waals surface area (Å²) < 4.78 is 248. The number of nitrogens with one attached hydrogen (secondary N) is 6. The predicted molar refractivity (Wildman–Crippen MR) is 248 cm³/mol. The number of fused-ring (bicyclic) bond motifs is 2. The minimum Gasteiger partial charge on any atom is -0.350 e. The number of halogens is 18. The molecule has 0 aliphatic heterocycles. The topological polar surface area (TPSA) is 174 Å². The first-order valence-electron chi connectivity index (χ1n) is 25.3. The Morgan fingerprint density at radius 2 is 0.850 bits per heavy atom. The first-order chi connectivity index (χ1) is 36.7. The fourth-order valence-corrected chi connectivity index (χ4v) is 9.69. The van der Waals surface area contributed by atoms with Gasteiger partial charge in [0.25, 0.3) is 23.7 Å². The van der Waals surface area contributed by atoms with Crippen LogP contribution in [0.25, 0.3) is 22.1 Å². The molecule has 8 rings (SSSR count). The zero-order valence-corrected chi connectivity index (χ0v) is 42.4. The monoisotopic (exact) mass is 1170 g/mol. The van der Waals surface area contributed by atoms with Crippen molar-refractivity contribution >= 4 is 45.7 Å². The minimum atomic E-state index is -4.96. The summed E-state index contributed by atoms with van der Waals surface area (Å²) in [6, 6.07) is 1.76. The molecule has 4 aliphatic carbocycles. The molecule has 4 fully saturated rings. The molecule has 444 valence electrons. The van der Waals surface area contributed by atoms with Crippen molar-refractivity contribution in [3.05, 3.63) is 58.7 Å². The molecule has 4 atom stereocenters. The third kappa shape index (κ3) is 15.7. The Morgan fingerprint density at radius 3 is 1.12 bits per heavy atom. The molecule has 12 nitrogen and oxygen atoms in total. The first kappa shape index (κ1) is 61.6. The number of imidazole rings is 2. The van der Waals surface area contributed by atoms with Crippen molar-refractivity contribution in [2.24, 2.45) is 11.8 Å². The molecule has 0 saturated heterocycles. The number of carbonyl (C=O) groups is 4. The summed E-state index contributed by atoms with van der Waals surface area (Å²) in [5, 5.41) is 8.35. The smallest absolute Gasteiger partial charge is 0.350 e. The molecule has 0 spiro atoms. The van der Waals surface area contributed by atoms with Gasteiger partial charge in [-0.1, -0.05) is 12.1 Å². The van der Waals surface area contributed by atoms with E-state index in [4.69, 9.17) is 0 Å². The number of amides is 4. The van der Waals surface area contributed by atoms with E-state index in [0.717, 1.165) is 24.3 Å². The van der Waals surface area contributed by atoms with Crippen molar-refractivity contribution in [1.29, 1.82) is 0 Å². The molecule has 30 heteroatoms. The SMILES string of the molecule is CC(F)(F)CNC(=O)[C@@H](CC(F)(F)F)c1ccc2[nH]c([C@@H](NC(=O)C3(F)CC3)C3CCC(F)(F)CC3)nc2c1F.CC(F)(F)CNC(=O)[C@H](CC(F)(F)F)c1ccc2[nH]c([C@@H](NC(=O)C3(F)CC3)C3CCC(F)(F)CC3)nc2c1F. The van der Waals surface area contributed by atoms with Gasteiger partial charge in [-0.2, -0.15) is 26.3 Å². The van der Waals surface area contributed by atoms with Crippen LogP contribution in [0.2, 0.25) is 0 Å². The lowest BCUT2D eigenvalue weighted by Crippen LogP contribution is -2.41. The van der Waals surface area contributed by atoms with Crippen molar-refractivity contribution < 1.29 is 98.2 Å². The molecule has 2 aromatic heterocycles. The number of alkyl halides is 16. The summed E-state index contributed by atoms with van der Waals surface area (Å²) in [7, 11) is 0. The summed E-state index contributed by atoms with van der Waals surface area (Å²) >= 11 is 0. The van der Waals surface area contributed by atoms with E-state index in [2.05, 4.69) is 30.6 Å². The van der Waals surface area contributed by atoms with Crippen LogP contribution in [-0.4, -0.2) is 104 Å². The van der Waals surface area contributed by atoms with Crippen molar-refractivity contribution in [2.75, 3.05) is 13.1 Å². The molecule has 4 saturated carbocycles. The van der Waals surface area contributed by atoms with Crippen LogP contribution in [0.3, 0.4) is 0 Å². The van der Waals surface area contributed by atoms with E-state index in [1.165, 1.54) is 0 Å². The lowest BCUT2D eigenvalue weighted by molar-refractivity contribution is -0.148. The van der Waals surface area contributed by atoms with Crippen molar-refractivity contribution in [2.45, 2.75) is 175 Å². The molecular weight excluding hydrogens is 1120 g/mol. The zero-order valence-electron chi connectivity index (χ0n) is 42.4. The van der Waals surface area contributed by atoms with Gasteiger partial charge in [0.15, 0.2) is 23.0 Å². The highest BCUT2D eigenvalue weighted by molar-refractivity contribution is 5.90. The van der Waals surface area contributed by atoms with Gasteiger partial charge in [0.1, 0.15) is 22.7 Å². The summed E-state index contributed by atoms with van der Waals surface area (Å²) in [6.07, 6.45) is -16.0. The Morgan fingerprint density at radius 1 is 0.537 bits per heavy atom. The Kier molecular flexibility index (Phi) is 17.2. The van der Waals surface area contributed by atoms with Crippen LogP contribution in [0.15, 0.2) is 24.3 Å². The number of nitrogens with zero attached hydrogens (tertiary/aromatic N) is 2. The van der Waals surface area contributed by atoms with Crippen molar-refractivity contribution in [1.82, 2.24) is 41.2 Å². The van der Waals surface area contributed by atoms with Gasteiger partial charge in [-0.05, 0) is 75.3 Å². The zero-order chi connectivity index (χ0) is 59.3. The first-order valence-corrected chi connectivity index (χ1v) is 25.3. The number of aromatic amines is 2. The molecule has 80 heavy (non-hydrogen) atoms. The molecule has 2 heterocycles. The van der Waals surface area contributed by atoms with E-state index in [-0.39, 0.29) is 74.0 Å². The molecule has 6 N–H and O–H groups in total. The quantitative estimate of drug-likeness (QED) is 0.0541. The molecule has 4 aliphatic rings. The van der Waals surface area contributed by atoms with Gasteiger partial charge in [-0.25, -0.2) is 62.7 Å². The van der Waals surface area contributed by atoms with E-state index >= 15 is 8.78 Å². The van der Waals surface area contributed by atoms with E-state index < -0.39 is 192 Å². The van der Waals surface area contributed by atoms with Gasteiger partial charge < -0.3 is 31.2 Å². The maximum atomic E-state index is 15.6. The summed E-state index contributed by atoms with van der Waals surface area (Å²) in [4.78, 5) is 63.5. The number of benzene rings is 2. The number of rotatable bonds is 18. The van der Waals surface area contributed by atoms with E-state index in [1.807, 2.05) is 0 Å². The molecular formula is C50H54F18N8O4. The number of aromatic nitrogens is 4. The van der Waals surface area contributed by atoms with Crippen LogP contribution >= 0.6 is 0 Å². The molecule has 0 bridgehead atoms. The second-order valence-corrected chi connectivity index (χ2v) is 21.5. The molecule has 4 aromatic rings. The van der Waals surface area contributed by atoms with Crippen LogP contribution in [0.5, 0.6) is 0 Å². The largest absolute Gasteiger partial charge is 0.390 e.